The molecule has 4 N–H and O–H groups in total. The number of rotatable bonds is 12. The number of nitrogens with zero attached hydrogens (tertiary/aromatic N) is 4. The number of nitrogens with one attached hydrogen (secondary N) is 3. The van der Waals surface area contributed by atoms with Crippen LogP contribution in [0.4, 0.5) is 14.9 Å². The maximum atomic E-state index is 14.6. The summed E-state index contributed by atoms with van der Waals surface area (Å²) in [6.45, 7) is 7.86. The third-order valence-corrected chi connectivity index (χ3v) is 6.51. The number of carbonyl (C=O) groups is 3. The Morgan fingerprint density at radius 3 is 2.52 bits per heavy atom. The number of H-pyrrole nitrogens is 1. The lowest BCUT2D eigenvalue weighted by molar-refractivity contribution is -0.123. The maximum Gasteiger partial charge on any atom is 0.405 e. The standard InChI is InChI=1S/C29H38FN7O5/c1-16(2)13-21-26-25(18(30)14-31-21)34-23(35-26)15-37-22(17(3)4)12-11-20(28(37)40)32-27(39)19(33-29(41)42)9-7-8-10-24(38)36(5)6/h8,10-12,14,16-17,19,33H,7,9,13,15H2,1-6H3,(H,32,39)(H,34,35)(H,41,42)/b10-8+/t19-/m0/s1. The van der Waals surface area contributed by atoms with Crippen LogP contribution in [0, 0.1) is 11.7 Å². The number of hydrogen-bond acceptors (Lipinski definition) is 6. The number of amides is 3. The highest BCUT2D eigenvalue weighted by molar-refractivity contribution is 5.96. The molecule has 0 unspecified atom stereocenters. The fourth-order valence-corrected chi connectivity index (χ4v) is 4.42. The molecular formula is C29H38FN7O5. The SMILES string of the molecule is CC(C)Cc1ncc(F)c2nc(Cn3c(C(C)C)ccc(NC(=O)[C@H](CC/C=C/C(=O)N(C)C)NC(=O)O)c3=O)[nH]c12. The van der Waals surface area contributed by atoms with Gasteiger partial charge in [0, 0.05) is 19.8 Å². The van der Waals surface area contributed by atoms with Crippen molar-refractivity contribution in [2.24, 2.45) is 5.92 Å². The normalized spacial score (nSPS) is 12.3. The first-order chi connectivity index (χ1) is 19.8. The van der Waals surface area contributed by atoms with Gasteiger partial charge in [0.25, 0.3) is 5.56 Å². The van der Waals surface area contributed by atoms with Crippen LogP contribution >= 0.6 is 0 Å². The van der Waals surface area contributed by atoms with Crippen LogP contribution in [0.2, 0.25) is 0 Å². The summed E-state index contributed by atoms with van der Waals surface area (Å²) in [5.74, 6) is -0.980. The molecule has 3 heterocycles. The van der Waals surface area contributed by atoms with E-state index in [0.717, 1.165) is 6.20 Å². The summed E-state index contributed by atoms with van der Waals surface area (Å²) < 4.78 is 16.0. The van der Waals surface area contributed by atoms with Crippen LogP contribution in [0.15, 0.2) is 35.3 Å². The van der Waals surface area contributed by atoms with Crippen molar-refractivity contribution in [3.05, 3.63) is 63.9 Å². The van der Waals surface area contributed by atoms with Crippen molar-refractivity contribution >= 4 is 34.6 Å². The molecule has 13 heteroatoms. The lowest BCUT2D eigenvalue weighted by Gasteiger charge is -2.19. The van der Waals surface area contributed by atoms with E-state index in [1.54, 1.807) is 26.2 Å². The number of aromatic nitrogens is 4. The number of carbonyl (C=O) groups excluding carboxylic acids is 2. The van der Waals surface area contributed by atoms with Crippen LogP contribution in [-0.2, 0) is 22.6 Å². The van der Waals surface area contributed by atoms with E-state index in [1.807, 2.05) is 27.7 Å². The van der Waals surface area contributed by atoms with E-state index in [-0.39, 0.29) is 48.3 Å². The molecule has 3 aromatic rings. The number of allylic oxidation sites excluding steroid dienone is 1. The molecule has 12 nitrogen and oxygen atoms in total. The summed E-state index contributed by atoms with van der Waals surface area (Å²) >= 11 is 0. The fraction of sp³-hybridized carbons (Fsp3) is 0.448. The van der Waals surface area contributed by atoms with E-state index < -0.39 is 29.4 Å². The molecule has 3 aromatic heterocycles. The van der Waals surface area contributed by atoms with Gasteiger partial charge in [-0.25, -0.2) is 14.2 Å². The summed E-state index contributed by atoms with van der Waals surface area (Å²) in [6, 6.07) is 2.00. The van der Waals surface area contributed by atoms with Crippen molar-refractivity contribution in [1.29, 1.82) is 0 Å². The Balaban J connectivity index is 1.90. The Morgan fingerprint density at radius 1 is 1.19 bits per heavy atom. The molecule has 0 aliphatic rings. The monoisotopic (exact) mass is 583 g/mol. The van der Waals surface area contributed by atoms with E-state index in [9.17, 15) is 28.7 Å². The smallest absolute Gasteiger partial charge is 0.405 e. The molecule has 0 aliphatic heterocycles. The number of halogens is 1. The summed E-state index contributed by atoms with van der Waals surface area (Å²) in [7, 11) is 3.19. The van der Waals surface area contributed by atoms with Gasteiger partial charge < -0.3 is 30.2 Å². The van der Waals surface area contributed by atoms with E-state index in [4.69, 9.17) is 0 Å². The minimum atomic E-state index is -1.40. The van der Waals surface area contributed by atoms with Gasteiger partial charge in [-0.05, 0) is 49.3 Å². The van der Waals surface area contributed by atoms with Crippen molar-refractivity contribution in [3.8, 4) is 0 Å². The summed E-state index contributed by atoms with van der Waals surface area (Å²) in [6.07, 6.45) is 3.54. The number of pyridine rings is 2. The minimum absolute atomic E-state index is 0.0210. The summed E-state index contributed by atoms with van der Waals surface area (Å²) in [5.41, 5.74) is 1.38. The molecule has 3 rings (SSSR count). The molecular weight excluding hydrogens is 545 g/mol. The molecule has 42 heavy (non-hydrogen) atoms. The molecule has 0 saturated carbocycles. The van der Waals surface area contributed by atoms with Crippen molar-refractivity contribution in [3.63, 3.8) is 0 Å². The number of aromatic amines is 1. The lowest BCUT2D eigenvalue weighted by atomic mass is 10.1. The van der Waals surface area contributed by atoms with Gasteiger partial charge in [0.05, 0.1) is 24.0 Å². The average Bonchev–Trinajstić information content (AvgIpc) is 3.34. The Morgan fingerprint density at radius 2 is 1.90 bits per heavy atom. The van der Waals surface area contributed by atoms with E-state index >= 15 is 0 Å². The third kappa shape index (κ3) is 8.02. The quantitative estimate of drug-likeness (QED) is 0.237. The van der Waals surface area contributed by atoms with Gasteiger partial charge >= 0.3 is 6.09 Å². The van der Waals surface area contributed by atoms with Gasteiger partial charge in [0.15, 0.2) is 5.82 Å². The highest BCUT2D eigenvalue weighted by Gasteiger charge is 2.23. The zero-order chi connectivity index (χ0) is 31.1. The molecule has 0 bridgehead atoms. The first-order valence-corrected chi connectivity index (χ1v) is 13.7. The van der Waals surface area contributed by atoms with E-state index in [1.165, 1.54) is 21.6 Å². The largest absolute Gasteiger partial charge is 0.465 e. The molecule has 226 valence electrons. The number of anilines is 1. The van der Waals surface area contributed by atoms with Gasteiger partial charge in [-0.1, -0.05) is 33.8 Å². The highest BCUT2D eigenvalue weighted by atomic mass is 19.1. The molecule has 0 spiro atoms. The molecule has 1 atom stereocenters. The first-order valence-electron chi connectivity index (χ1n) is 13.7. The molecule has 0 fully saturated rings. The molecule has 0 radical (unpaired) electrons. The lowest BCUT2D eigenvalue weighted by Crippen LogP contribution is -2.44. The highest BCUT2D eigenvalue weighted by Crippen LogP contribution is 2.22. The molecule has 0 aliphatic carbocycles. The minimum Gasteiger partial charge on any atom is -0.465 e. The predicted molar refractivity (Wildman–Crippen MR) is 157 cm³/mol. The molecule has 0 aromatic carbocycles. The van der Waals surface area contributed by atoms with Crippen LogP contribution < -0.4 is 16.2 Å². The topological polar surface area (TPSA) is 162 Å². The van der Waals surface area contributed by atoms with Gasteiger partial charge in [0.2, 0.25) is 11.8 Å². The van der Waals surface area contributed by atoms with Crippen molar-refractivity contribution in [2.45, 2.75) is 65.5 Å². The molecule has 0 saturated heterocycles. The van der Waals surface area contributed by atoms with Crippen molar-refractivity contribution in [1.82, 2.24) is 29.7 Å². The summed E-state index contributed by atoms with van der Waals surface area (Å²) in [5, 5.41) is 14.0. The van der Waals surface area contributed by atoms with Crippen LogP contribution in [0.1, 0.15) is 63.7 Å². The number of imidazole rings is 1. The average molecular weight is 584 g/mol. The Bertz CT molecular complexity index is 1540. The Labute approximate surface area is 243 Å². The van der Waals surface area contributed by atoms with Gasteiger partial charge in [-0.15, -0.1) is 0 Å². The maximum absolute atomic E-state index is 14.6. The predicted octanol–water partition coefficient (Wildman–Crippen LogP) is 3.63. The van der Waals surface area contributed by atoms with Crippen molar-refractivity contribution in [2.75, 3.05) is 19.4 Å². The van der Waals surface area contributed by atoms with E-state index in [2.05, 4.69) is 25.6 Å². The van der Waals surface area contributed by atoms with Crippen LogP contribution in [0.5, 0.6) is 0 Å². The number of likely N-dealkylation sites (N-methyl/N-ethyl adjacent to an activating group) is 1. The van der Waals surface area contributed by atoms with Gasteiger partial charge in [-0.2, -0.15) is 0 Å². The zero-order valence-electron chi connectivity index (χ0n) is 24.7. The summed E-state index contributed by atoms with van der Waals surface area (Å²) in [4.78, 5) is 62.9. The van der Waals surface area contributed by atoms with E-state index in [0.29, 0.717) is 29.1 Å². The van der Waals surface area contributed by atoms with Gasteiger partial charge in [-0.3, -0.25) is 19.4 Å². The Hall–Kier alpha value is -4.55. The molecule has 3 amide bonds. The third-order valence-electron chi connectivity index (χ3n) is 6.51. The first kappa shape index (κ1) is 32.0. The number of fused-ring (bicyclic) bond motifs is 1. The number of hydrogen-bond donors (Lipinski definition) is 4. The van der Waals surface area contributed by atoms with Crippen LogP contribution in [0.3, 0.4) is 0 Å². The second kappa shape index (κ2) is 13.9. The second-order valence-electron chi connectivity index (χ2n) is 11.0. The zero-order valence-corrected chi connectivity index (χ0v) is 24.7. The van der Waals surface area contributed by atoms with Gasteiger partial charge in [0.1, 0.15) is 23.1 Å². The van der Waals surface area contributed by atoms with Crippen LogP contribution in [-0.4, -0.2) is 67.6 Å². The van der Waals surface area contributed by atoms with Crippen LogP contribution in [0.25, 0.3) is 11.0 Å². The fourth-order valence-electron chi connectivity index (χ4n) is 4.42. The Kier molecular flexibility index (Phi) is 10.6. The number of carboxylic acid groups (broad SMARTS) is 1. The second-order valence-corrected chi connectivity index (χ2v) is 11.0. The van der Waals surface area contributed by atoms with Crippen molar-refractivity contribution < 1.29 is 23.9 Å².